The van der Waals surface area contributed by atoms with Gasteiger partial charge in [-0.3, -0.25) is 0 Å². The van der Waals surface area contributed by atoms with Crippen LogP contribution in [0.3, 0.4) is 0 Å². The maximum Gasteiger partial charge on any atom is 0.197 e. The number of nitrogens with zero attached hydrogens (tertiary/aromatic N) is 2. The van der Waals surface area contributed by atoms with Gasteiger partial charge < -0.3 is 10.2 Å². The number of aryl methyl sites for hydroxylation is 1. The molecule has 2 aromatic rings. The summed E-state index contributed by atoms with van der Waals surface area (Å²) in [5.74, 6) is 4.15. The minimum atomic E-state index is 0.495. The standard InChI is InChI=1S/C14H17N3O/c1-3-9-7-13(15)17-14(16-9)12-5-4-11(18-12)10-6-8(10)2/h4-5,7-8,10H,3,6H2,1-2H3,(H2,15,16,17). The van der Waals surface area contributed by atoms with Gasteiger partial charge in [-0.15, -0.1) is 0 Å². The Hall–Kier alpha value is -1.84. The Morgan fingerprint density at radius 2 is 2.17 bits per heavy atom. The summed E-state index contributed by atoms with van der Waals surface area (Å²) in [6.45, 7) is 4.28. The molecule has 18 heavy (non-hydrogen) atoms. The molecule has 0 spiro atoms. The first-order valence-electron chi connectivity index (χ1n) is 6.41. The third kappa shape index (κ3) is 1.98. The Morgan fingerprint density at radius 1 is 1.39 bits per heavy atom. The lowest BCUT2D eigenvalue weighted by molar-refractivity contribution is 0.515. The topological polar surface area (TPSA) is 64.9 Å². The van der Waals surface area contributed by atoms with Crippen LogP contribution in [-0.2, 0) is 6.42 Å². The normalized spacial score (nSPS) is 22.1. The van der Waals surface area contributed by atoms with E-state index in [1.807, 2.05) is 19.1 Å². The molecule has 0 aromatic carbocycles. The van der Waals surface area contributed by atoms with Crippen LogP contribution in [-0.4, -0.2) is 9.97 Å². The van der Waals surface area contributed by atoms with E-state index in [-0.39, 0.29) is 0 Å². The molecule has 4 heteroatoms. The van der Waals surface area contributed by atoms with Crippen LogP contribution in [0.5, 0.6) is 0 Å². The number of hydrogen-bond acceptors (Lipinski definition) is 4. The largest absolute Gasteiger partial charge is 0.457 e. The highest BCUT2D eigenvalue weighted by Crippen LogP contribution is 2.47. The zero-order valence-corrected chi connectivity index (χ0v) is 10.7. The lowest BCUT2D eigenvalue weighted by Crippen LogP contribution is -1.98. The lowest BCUT2D eigenvalue weighted by atomic mass is 10.3. The van der Waals surface area contributed by atoms with E-state index < -0.39 is 0 Å². The molecule has 0 aliphatic heterocycles. The summed E-state index contributed by atoms with van der Waals surface area (Å²) in [5.41, 5.74) is 6.72. The molecule has 1 fully saturated rings. The summed E-state index contributed by atoms with van der Waals surface area (Å²) in [4.78, 5) is 8.69. The molecule has 2 heterocycles. The van der Waals surface area contributed by atoms with Crippen molar-refractivity contribution in [1.29, 1.82) is 0 Å². The van der Waals surface area contributed by atoms with Gasteiger partial charge in [0.25, 0.3) is 0 Å². The first-order valence-corrected chi connectivity index (χ1v) is 6.41. The van der Waals surface area contributed by atoms with Gasteiger partial charge >= 0.3 is 0 Å². The average Bonchev–Trinajstić information content (AvgIpc) is 2.91. The SMILES string of the molecule is CCc1cc(N)nc(-c2ccc(C3CC3C)o2)n1. The van der Waals surface area contributed by atoms with E-state index in [1.54, 1.807) is 6.07 Å². The summed E-state index contributed by atoms with van der Waals surface area (Å²) < 4.78 is 5.84. The van der Waals surface area contributed by atoms with Crippen LogP contribution in [0.25, 0.3) is 11.6 Å². The van der Waals surface area contributed by atoms with Gasteiger partial charge in [-0.1, -0.05) is 13.8 Å². The Labute approximate surface area is 106 Å². The quantitative estimate of drug-likeness (QED) is 0.900. The zero-order chi connectivity index (χ0) is 12.7. The van der Waals surface area contributed by atoms with Crippen LogP contribution in [0.4, 0.5) is 5.82 Å². The predicted molar refractivity (Wildman–Crippen MR) is 70.0 cm³/mol. The number of anilines is 1. The van der Waals surface area contributed by atoms with Gasteiger partial charge in [-0.05, 0) is 30.9 Å². The van der Waals surface area contributed by atoms with Gasteiger partial charge in [0.2, 0.25) is 0 Å². The molecule has 0 amide bonds. The van der Waals surface area contributed by atoms with E-state index in [2.05, 4.69) is 16.9 Å². The molecule has 1 aliphatic carbocycles. The van der Waals surface area contributed by atoms with Gasteiger partial charge in [0, 0.05) is 17.7 Å². The third-order valence-corrected chi connectivity index (χ3v) is 3.48. The van der Waals surface area contributed by atoms with E-state index in [9.17, 15) is 0 Å². The highest BCUT2D eigenvalue weighted by Gasteiger charge is 2.36. The summed E-state index contributed by atoms with van der Waals surface area (Å²) in [6.07, 6.45) is 2.05. The number of aromatic nitrogens is 2. The maximum absolute atomic E-state index is 5.84. The van der Waals surface area contributed by atoms with Crippen LogP contribution in [0.2, 0.25) is 0 Å². The van der Waals surface area contributed by atoms with Gasteiger partial charge in [-0.25, -0.2) is 9.97 Å². The number of furan rings is 1. The Balaban J connectivity index is 1.94. The minimum Gasteiger partial charge on any atom is -0.457 e. The molecule has 3 rings (SSSR count). The average molecular weight is 243 g/mol. The van der Waals surface area contributed by atoms with Gasteiger partial charge in [0.1, 0.15) is 11.6 Å². The van der Waals surface area contributed by atoms with E-state index in [0.29, 0.717) is 23.3 Å². The van der Waals surface area contributed by atoms with Gasteiger partial charge in [0.15, 0.2) is 11.6 Å². The fraction of sp³-hybridized carbons (Fsp3) is 0.429. The zero-order valence-electron chi connectivity index (χ0n) is 10.7. The van der Waals surface area contributed by atoms with E-state index in [4.69, 9.17) is 10.2 Å². The Bertz CT molecular complexity index is 576. The lowest BCUT2D eigenvalue weighted by Gasteiger charge is -2.01. The van der Waals surface area contributed by atoms with Crippen LogP contribution >= 0.6 is 0 Å². The number of rotatable bonds is 3. The number of nitrogens with two attached hydrogens (primary N) is 1. The molecule has 1 saturated carbocycles. The third-order valence-electron chi connectivity index (χ3n) is 3.48. The summed E-state index contributed by atoms with van der Waals surface area (Å²) >= 11 is 0. The van der Waals surface area contributed by atoms with Crippen molar-refractivity contribution in [2.75, 3.05) is 5.73 Å². The number of hydrogen-bond donors (Lipinski definition) is 1. The molecule has 0 saturated heterocycles. The van der Waals surface area contributed by atoms with Gasteiger partial charge in [0.05, 0.1) is 0 Å². The first kappa shape index (κ1) is 11.3. The van der Waals surface area contributed by atoms with Crippen LogP contribution < -0.4 is 5.73 Å². The molecule has 94 valence electrons. The molecule has 2 atom stereocenters. The van der Waals surface area contributed by atoms with Crippen molar-refractivity contribution in [3.63, 3.8) is 0 Å². The molecule has 0 bridgehead atoms. The van der Waals surface area contributed by atoms with Crippen molar-refractivity contribution >= 4 is 5.82 Å². The molecular formula is C14H17N3O. The van der Waals surface area contributed by atoms with Crippen LogP contribution in [0.1, 0.15) is 37.6 Å². The summed E-state index contributed by atoms with van der Waals surface area (Å²) in [6, 6.07) is 5.77. The first-order chi connectivity index (χ1) is 8.67. The van der Waals surface area contributed by atoms with Crippen LogP contribution in [0, 0.1) is 5.92 Å². The molecule has 4 nitrogen and oxygen atoms in total. The fourth-order valence-corrected chi connectivity index (χ4v) is 2.20. The Kier molecular flexibility index (Phi) is 2.58. The van der Waals surface area contributed by atoms with E-state index >= 15 is 0 Å². The Morgan fingerprint density at radius 3 is 2.83 bits per heavy atom. The molecule has 2 aromatic heterocycles. The highest BCUT2D eigenvalue weighted by molar-refractivity contribution is 5.51. The molecular weight excluding hydrogens is 226 g/mol. The summed E-state index contributed by atoms with van der Waals surface area (Å²) in [5, 5.41) is 0. The second-order valence-corrected chi connectivity index (χ2v) is 4.98. The molecule has 2 unspecified atom stereocenters. The monoisotopic (exact) mass is 243 g/mol. The minimum absolute atomic E-state index is 0.495. The van der Waals surface area contributed by atoms with E-state index in [0.717, 1.165) is 23.8 Å². The molecule has 2 N–H and O–H groups in total. The fourth-order valence-electron chi connectivity index (χ4n) is 2.20. The maximum atomic E-state index is 5.84. The van der Waals surface area contributed by atoms with Crippen LogP contribution in [0.15, 0.2) is 22.6 Å². The summed E-state index contributed by atoms with van der Waals surface area (Å²) in [7, 11) is 0. The molecule has 0 radical (unpaired) electrons. The van der Waals surface area contributed by atoms with Crippen molar-refractivity contribution in [2.45, 2.75) is 32.6 Å². The second kappa shape index (κ2) is 4.12. The van der Waals surface area contributed by atoms with Gasteiger partial charge in [-0.2, -0.15) is 0 Å². The van der Waals surface area contributed by atoms with E-state index in [1.165, 1.54) is 6.42 Å². The van der Waals surface area contributed by atoms with Crippen molar-refractivity contribution in [3.8, 4) is 11.6 Å². The smallest absolute Gasteiger partial charge is 0.197 e. The van der Waals surface area contributed by atoms with Crippen molar-refractivity contribution in [2.24, 2.45) is 5.92 Å². The molecule has 1 aliphatic rings. The van der Waals surface area contributed by atoms with Crippen molar-refractivity contribution < 1.29 is 4.42 Å². The van der Waals surface area contributed by atoms with Crippen molar-refractivity contribution in [3.05, 3.63) is 29.7 Å². The highest BCUT2D eigenvalue weighted by atomic mass is 16.3. The second-order valence-electron chi connectivity index (χ2n) is 4.98. The predicted octanol–water partition coefficient (Wildman–Crippen LogP) is 3.00. The van der Waals surface area contributed by atoms with Crippen molar-refractivity contribution in [1.82, 2.24) is 9.97 Å². The number of nitrogen functional groups attached to an aromatic ring is 1.